The Kier molecular flexibility index (Phi) is 7.53. The van der Waals surface area contributed by atoms with Crippen LogP contribution in [-0.4, -0.2) is 19.0 Å². The third-order valence-electron chi connectivity index (χ3n) is 4.68. The molecule has 0 spiro atoms. The van der Waals surface area contributed by atoms with Crippen LogP contribution in [0, 0.1) is 17.1 Å². The van der Waals surface area contributed by atoms with Gasteiger partial charge in [-0.3, -0.25) is 4.79 Å². The standard InChI is InChI=1S/C25H18BrFN2O3/c1-32-25(31)16-7-10-22(11-8-16)29-24(30)20(15-28)13-19-14-21(26)9-6-17(19)12-18-4-2-3-5-23(18)27/h2-11,13-14H,12H2,1H3,(H,29,30)/b20-13+. The number of methoxy groups -OCH3 is 1. The predicted molar refractivity (Wildman–Crippen MR) is 123 cm³/mol. The van der Waals surface area contributed by atoms with Crippen molar-refractivity contribution in [2.24, 2.45) is 0 Å². The Morgan fingerprint density at radius 1 is 1.09 bits per heavy atom. The molecule has 3 rings (SSSR count). The Bertz CT molecular complexity index is 1230. The Labute approximate surface area is 193 Å². The zero-order valence-electron chi connectivity index (χ0n) is 17.1. The second kappa shape index (κ2) is 10.5. The van der Waals surface area contributed by atoms with E-state index in [1.165, 1.54) is 31.4 Å². The summed E-state index contributed by atoms with van der Waals surface area (Å²) < 4.78 is 19.5. The quantitative estimate of drug-likeness (QED) is 0.279. The Hall–Kier alpha value is -3.76. The topological polar surface area (TPSA) is 79.2 Å². The van der Waals surface area contributed by atoms with E-state index in [0.717, 1.165) is 10.0 Å². The minimum absolute atomic E-state index is 0.116. The third-order valence-corrected chi connectivity index (χ3v) is 5.17. The highest BCUT2D eigenvalue weighted by Crippen LogP contribution is 2.23. The second-order valence-corrected chi connectivity index (χ2v) is 7.72. The van der Waals surface area contributed by atoms with E-state index in [2.05, 4.69) is 26.0 Å². The molecule has 3 aromatic rings. The molecule has 1 amide bonds. The number of esters is 1. The maximum absolute atomic E-state index is 14.1. The lowest BCUT2D eigenvalue weighted by atomic mass is 9.98. The van der Waals surface area contributed by atoms with Crippen molar-refractivity contribution >= 4 is 39.6 Å². The first-order valence-electron chi connectivity index (χ1n) is 9.54. The van der Waals surface area contributed by atoms with Gasteiger partial charge in [-0.25, -0.2) is 9.18 Å². The van der Waals surface area contributed by atoms with Crippen molar-refractivity contribution in [3.8, 4) is 6.07 Å². The van der Waals surface area contributed by atoms with E-state index in [9.17, 15) is 19.2 Å². The van der Waals surface area contributed by atoms with Gasteiger partial charge in [-0.1, -0.05) is 40.2 Å². The maximum Gasteiger partial charge on any atom is 0.337 e. The number of carbonyl (C=O) groups is 2. The van der Waals surface area contributed by atoms with Gasteiger partial charge in [0.05, 0.1) is 12.7 Å². The number of nitrogens with zero attached hydrogens (tertiary/aromatic N) is 1. The van der Waals surface area contributed by atoms with Gasteiger partial charge in [0, 0.05) is 16.6 Å². The zero-order chi connectivity index (χ0) is 23.1. The van der Waals surface area contributed by atoms with Gasteiger partial charge in [-0.05, 0) is 65.2 Å². The summed E-state index contributed by atoms with van der Waals surface area (Å²) in [6.45, 7) is 0. The number of ether oxygens (including phenoxy) is 1. The average molecular weight is 493 g/mol. The predicted octanol–water partition coefficient (Wildman–Crippen LogP) is 5.51. The molecule has 0 aromatic heterocycles. The molecule has 7 heteroatoms. The molecule has 32 heavy (non-hydrogen) atoms. The van der Waals surface area contributed by atoms with Crippen LogP contribution < -0.4 is 5.32 Å². The summed E-state index contributed by atoms with van der Waals surface area (Å²) in [6.07, 6.45) is 1.78. The van der Waals surface area contributed by atoms with Crippen molar-refractivity contribution in [2.75, 3.05) is 12.4 Å². The van der Waals surface area contributed by atoms with Crippen LogP contribution in [0.2, 0.25) is 0 Å². The number of rotatable bonds is 6. The highest BCUT2D eigenvalue weighted by Gasteiger charge is 2.13. The van der Waals surface area contributed by atoms with Gasteiger partial charge in [0.1, 0.15) is 17.5 Å². The average Bonchev–Trinajstić information content (AvgIpc) is 2.80. The number of anilines is 1. The van der Waals surface area contributed by atoms with Crippen LogP contribution in [0.3, 0.4) is 0 Å². The molecule has 0 aliphatic carbocycles. The number of nitrogens with one attached hydrogen (secondary N) is 1. The van der Waals surface area contributed by atoms with Gasteiger partial charge in [-0.2, -0.15) is 5.26 Å². The summed E-state index contributed by atoms with van der Waals surface area (Å²) in [7, 11) is 1.28. The maximum atomic E-state index is 14.1. The SMILES string of the molecule is COC(=O)c1ccc(NC(=O)/C(C#N)=C/c2cc(Br)ccc2Cc2ccccc2F)cc1. The van der Waals surface area contributed by atoms with Gasteiger partial charge < -0.3 is 10.1 Å². The van der Waals surface area contributed by atoms with E-state index < -0.39 is 11.9 Å². The van der Waals surface area contributed by atoms with Crippen LogP contribution in [-0.2, 0) is 16.0 Å². The fraction of sp³-hybridized carbons (Fsp3) is 0.0800. The molecule has 3 aromatic carbocycles. The normalized spacial score (nSPS) is 10.9. The van der Waals surface area contributed by atoms with E-state index in [-0.39, 0.29) is 11.4 Å². The molecule has 0 radical (unpaired) electrons. The van der Waals surface area contributed by atoms with E-state index in [1.807, 2.05) is 18.2 Å². The Morgan fingerprint density at radius 3 is 2.47 bits per heavy atom. The zero-order valence-corrected chi connectivity index (χ0v) is 18.6. The molecule has 0 aliphatic rings. The summed E-state index contributed by atoms with van der Waals surface area (Å²) in [5, 5.41) is 12.2. The summed E-state index contributed by atoms with van der Waals surface area (Å²) in [5.41, 5.74) is 2.54. The van der Waals surface area contributed by atoms with Crippen LogP contribution in [0.25, 0.3) is 6.08 Å². The van der Waals surface area contributed by atoms with Crippen molar-refractivity contribution in [1.29, 1.82) is 5.26 Å². The largest absolute Gasteiger partial charge is 0.465 e. The van der Waals surface area contributed by atoms with Gasteiger partial charge in [-0.15, -0.1) is 0 Å². The Morgan fingerprint density at radius 2 is 1.81 bits per heavy atom. The van der Waals surface area contributed by atoms with Gasteiger partial charge in [0.15, 0.2) is 0 Å². The highest BCUT2D eigenvalue weighted by atomic mass is 79.9. The molecule has 0 saturated carbocycles. The molecule has 0 fully saturated rings. The first-order valence-corrected chi connectivity index (χ1v) is 10.3. The number of benzene rings is 3. The summed E-state index contributed by atoms with van der Waals surface area (Å²) >= 11 is 3.40. The van der Waals surface area contributed by atoms with Crippen molar-refractivity contribution in [3.05, 3.63) is 105 Å². The minimum Gasteiger partial charge on any atom is -0.465 e. The van der Waals surface area contributed by atoms with E-state index >= 15 is 0 Å². The number of nitriles is 1. The molecule has 0 unspecified atom stereocenters. The fourth-order valence-electron chi connectivity index (χ4n) is 3.02. The monoisotopic (exact) mass is 492 g/mol. The smallest absolute Gasteiger partial charge is 0.337 e. The number of amides is 1. The van der Waals surface area contributed by atoms with Crippen LogP contribution >= 0.6 is 15.9 Å². The molecule has 5 nitrogen and oxygen atoms in total. The summed E-state index contributed by atoms with van der Waals surface area (Å²) in [6, 6.07) is 19.9. The third kappa shape index (κ3) is 5.68. The van der Waals surface area contributed by atoms with Crippen molar-refractivity contribution < 1.29 is 18.7 Å². The lowest BCUT2D eigenvalue weighted by Crippen LogP contribution is -2.13. The molecule has 0 heterocycles. The number of hydrogen-bond donors (Lipinski definition) is 1. The molecule has 0 bridgehead atoms. The molecular weight excluding hydrogens is 475 g/mol. The van der Waals surface area contributed by atoms with E-state index in [0.29, 0.717) is 28.8 Å². The first kappa shape index (κ1) is 22.9. The molecule has 1 N–H and O–H groups in total. The van der Waals surface area contributed by atoms with E-state index in [4.69, 9.17) is 0 Å². The van der Waals surface area contributed by atoms with Gasteiger partial charge in [0.25, 0.3) is 5.91 Å². The molecular formula is C25H18BrFN2O3. The lowest BCUT2D eigenvalue weighted by Gasteiger charge is -2.10. The first-order chi connectivity index (χ1) is 15.4. The summed E-state index contributed by atoms with van der Waals surface area (Å²) in [4.78, 5) is 24.2. The van der Waals surface area contributed by atoms with Crippen LogP contribution in [0.5, 0.6) is 0 Å². The van der Waals surface area contributed by atoms with Crippen LogP contribution in [0.4, 0.5) is 10.1 Å². The lowest BCUT2D eigenvalue weighted by molar-refractivity contribution is -0.112. The van der Waals surface area contributed by atoms with Crippen molar-refractivity contribution in [2.45, 2.75) is 6.42 Å². The van der Waals surface area contributed by atoms with Gasteiger partial charge in [0.2, 0.25) is 0 Å². The number of halogens is 2. The van der Waals surface area contributed by atoms with Crippen molar-refractivity contribution in [3.63, 3.8) is 0 Å². The number of hydrogen-bond acceptors (Lipinski definition) is 4. The van der Waals surface area contributed by atoms with Crippen molar-refractivity contribution in [1.82, 2.24) is 0 Å². The fourth-order valence-corrected chi connectivity index (χ4v) is 3.40. The van der Waals surface area contributed by atoms with Crippen LogP contribution in [0.15, 0.2) is 76.8 Å². The second-order valence-electron chi connectivity index (χ2n) is 6.80. The molecule has 160 valence electrons. The Balaban J connectivity index is 1.86. The highest BCUT2D eigenvalue weighted by molar-refractivity contribution is 9.10. The molecule has 0 aliphatic heterocycles. The molecule has 0 saturated heterocycles. The van der Waals surface area contributed by atoms with Crippen LogP contribution in [0.1, 0.15) is 27.0 Å². The van der Waals surface area contributed by atoms with Gasteiger partial charge >= 0.3 is 5.97 Å². The molecule has 0 atom stereocenters. The van der Waals surface area contributed by atoms with E-state index in [1.54, 1.807) is 36.4 Å². The summed E-state index contributed by atoms with van der Waals surface area (Å²) in [5.74, 6) is -1.41. The minimum atomic E-state index is -0.602. The number of carbonyl (C=O) groups excluding carboxylic acids is 2.